The van der Waals surface area contributed by atoms with Crippen molar-refractivity contribution >= 4 is 10.0 Å². The molecule has 5 heteroatoms. The van der Waals surface area contributed by atoms with Gasteiger partial charge in [-0.2, -0.15) is 4.31 Å². The number of benzene rings is 1. The van der Waals surface area contributed by atoms with E-state index in [1.807, 2.05) is 33.8 Å². The van der Waals surface area contributed by atoms with E-state index in [-0.39, 0.29) is 0 Å². The second-order valence-corrected chi connectivity index (χ2v) is 7.39. The van der Waals surface area contributed by atoms with E-state index in [0.717, 1.165) is 12.0 Å². The highest BCUT2D eigenvalue weighted by atomic mass is 32.2. The first-order chi connectivity index (χ1) is 9.87. The summed E-state index contributed by atoms with van der Waals surface area (Å²) in [6, 6.07) is 7.08. The molecule has 0 aliphatic heterocycles. The molecule has 0 aromatic heterocycles. The molecule has 1 aromatic carbocycles. The van der Waals surface area contributed by atoms with Crippen molar-refractivity contribution < 1.29 is 8.42 Å². The third-order valence-electron chi connectivity index (χ3n) is 4.23. The molecule has 0 aliphatic carbocycles. The Morgan fingerprint density at radius 1 is 1.19 bits per heavy atom. The zero-order valence-electron chi connectivity index (χ0n) is 13.6. The first-order valence-corrected chi connectivity index (χ1v) is 9.11. The van der Waals surface area contributed by atoms with Gasteiger partial charge < -0.3 is 5.73 Å². The summed E-state index contributed by atoms with van der Waals surface area (Å²) in [6.07, 6.45) is 2.20. The molecule has 1 rings (SSSR count). The Bertz CT molecular complexity index is 543. The van der Waals surface area contributed by atoms with E-state index in [0.29, 0.717) is 30.8 Å². The maximum Gasteiger partial charge on any atom is 0.243 e. The minimum atomic E-state index is -3.53. The van der Waals surface area contributed by atoms with Crippen LogP contribution in [0.4, 0.5) is 0 Å². The minimum absolute atomic E-state index is 0.338. The quantitative estimate of drug-likeness (QED) is 0.803. The van der Waals surface area contributed by atoms with Crippen molar-refractivity contribution in [2.75, 3.05) is 13.1 Å². The lowest BCUT2D eigenvalue weighted by Gasteiger charge is -2.41. The highest BCUT2D eigenvalue weighted by Gasteiger charge is 2.40. The monoisotopic (exact) mass is 312 g/mol. The molecule has 0 saturated heterocycles. The van der Waals surface area contributed by atoms with Crippen molar-refractivity contribution in [3.05, 3.63) is 29.8 Å². The lowest BCUT2D eigenvalue weighted by atomic mass is 9.93. The van der Waals surface area contributed by atoms with Gasteiger partial charge in [-0.3, -0.25) is 0 Å². The molecule has 0 atom stereocenters. The highest BCUT2D eigenvalue weighted by Crippen LogP contribution is 2.30. The van der Waals surface area contributed by atoms with Crippen LogP contribution in [0.3, 0.4) is 0 Å². The van der Waals surface area contributed by atoms with Crippen molar-refractivity contribution in [1.82, 2.24) is 4.31 Å². The van der Waals surface area contributed by atoms with Crippen molar-refractivity contribution in [3.8, 4) is 0 Å². The molecule has 0 radical (unpaired) electrons. The molecule has 1 aromatic rings. The molecule has 120 valence electrons. The number of sulfonamides is 1. The molecule has 0 aliphatic rings. The average molecular weight is 312 g/mol. The summed E-state index contributed by atoms with van der Waals surface area (Å²) in [6.45, 7) is 8.74. The van der Waals surface area contributed by atoms with Gasteiger partial charge in [0.25, 0.3) is 0 Å². The second-order valence-electron chi connectivity index (χ2n) is 5.53. The second kappa shape index (κ2) is 7.38. The summed E-state index contributed by atoms with van der Waals surface area (Å²) in [5.74, 6) is 0. The van der Waals surface area contributed by atoms with Gasteiger partial charge in [-0.25, -0.2) is 8.42 Å². The van der Waals surface area contributed by atoms with Crippen molar-refractivity contribution in [2.24, 2.45) is 5.73 Å². The van der Waals surface area contributed by atoms with Gasteiger partial charge >= 0.3 is 0 Å². The van der Waals surface area contributed by atoms with E-state index >= 15 is 0 Å². The molecule has 2 N–H and O–H groups in total. The van der Waals surface area contributed by atoms with Crippen LogP contribution in [0.5, 0.6) is 0 Å². The molecule has 0 amide bonds. The Hall–Kier alpha value is -0.910. The molecule has 0 fully saturated rings. The molecular weight excluding hydrogens is 284 g/mol. The van der Waals surface area contributed by atoms with Gasteiger partial charge in [0, 0.05) is 18.6 Å². The highest BCUT2D eigenvalue weighted by molar-refractivity contribution is 7.89. The normalized spacial score (nSPS) is 12.9. The molecule has 0 heterocycles. The molecule has 0 spiro atoms. The molecule has 0 bridgehead atoms. The van der Waals surface area contributed by atoms with E-state index in [2.05, 4.69) is 0 Å². The van der Waals surface area contributed by atoms with Crippen molar-refractivity contribution in [3.63, 3.8) is 0 Å². The number of hydrogen-bond acceptors (Lipinski definition) is 3. The fraction of sp³-hybridized carbons (Fsp3) is 0.625. The Labute approximate surface area is 129 Å². The third kappa shape index (κ3) is 3.65. The van der Waals surface area contributed by atoms with Gasteiger partial charge in [0.05, 0.1) is 4.90 Å². The predicted octanol–water partition coefficient (Wildman–Crippen LogP) is 2.91. The standard InChI is InChI=1S/C16H28N2O2S/c1-5-11-18(16(6-2,7-3)13-17)21(19,20)15-10-8-9-14(4)12-15/h8-10,12H,5-7,11,13,17H2,1-4H3. The van der Waals surface area contributed by atoms with Gasteiger partial charge in [0.15, 0.2) is 0 Å². The first kappa shape index (κ1) is 18.1. The largest absolute Gasteiger partial charge is 0.329 e. The number of nitrogens with zero attached hydrogens (tertiary/aromatic N) is 1. The van der Waals surface area contributed by atoms with Crippen LogP contribution in [0.1, 0.15) is 45.6 Å². The number of nitrogens with two attached hydrogens (primary N) is 1. The van der Waals surface area contributed by atoms with E-state index in [9.17, 15) is 8.42 Å². The lowest BCUT2D eigenvalue weighted by Crippen LogP contribution is -2.55. The van der Waals surface area contributed by atoms with Gasteiger partial charge in [-0.05, 0) is 43.9 Å². The summed E-state index contributed by atoms with van der Waals surface area (Å²) in [4.78, 5) is 0.357. The van der Waals surface area contributed by atoms with Gasteiger partial charge in [0.2, 0.25) is 10.0 Å². The Morgan fingerprint density at radius 3 is 2.24 bits per heavy atom. The van der Waals surface area contributed by atoms with E-state index in [1.165, 1.54) is 0 Å². The maximum atomic E-state index is 13.1. The number of aryl methyl sites for hydroxylation is 1. The summed E-state index contributed by atoms with van der Waals surface area (Å²) >= 11 is 0. The first-order valence-electron chi connectivity index (χ1n) is 7.67. The summed E-state index contributed by atoms with van der Waals surface area (Å²) in [5.41, 5.74) is 6.40. The Kier molecular flexibility index (Phi) is 6.38. The van der Waals surface area contributed by atoms with Crippen molar-refractivity contribution in [1.29, 1.82) is 0 Å². The summed E-state index contributed by atoms with van der Waals surface area (Å²) in [5, 5.41) is 0. The average Bonchev–Trinajstić information content (AvgIpc) is 2.48. The maximum absolute atomic E-state index is 13.1. The van der Waals surface area contributed by atoms with Crippen LogP contribution in [0, 0.1) is 6.92 Å². The summed E-state index contributed by atoms with van der Waals surface area (Å²) < 4.78 is 27.8. The van der Waals surface area contributed by atoms with E-state index in [4.69, 9.17) is 5.73 Å². The molecule has 0 unspecified atom stereocenters. The molecule has 4 nitrogen and oxygen atoms in total. The van der Waals surface area contributed by atoms with Gasteiger partial charge in [-0.1, -0.05) is 32.9 Å². The van der Waals surface area contributed by atoms with Gasteiger partial charge in [0.1, 0.15) is 0 Å². The van der Waals surface area contributed by atoms with Crippen LogP contribution in [0.15, 0.2) is 29.2 Å². The molecular formula is C16H28N2O2S. The fourth-order valence-electron chi connectivity index (χ4n) is 2.71. The molecule has 21 heavy (non-hydrogen) atoms. The van der Waals surface area contributed by atoms with Crippen LogP contribution in [0.25, 0.3) is 0 Å². The van der Waals surface area contributed by atoms with Crippen LogP contribution >= 0.6 is 0 Å². The summed E-state index contributed by atoms with van der Waals surface area (Å²) in [7, 11) is -3.53. The smallest absolute Gasteiger partial charge is 0.243 e. The van der Waals surface area contributed by atoms with E-state index in [1.54, 1.807) is 22.5 Å². The SMILES string of the molecule is CCCN(C(CC)(CC)CN)S(=O)(=O)c1cccc(C)c1. The predicted molar refractivity (Wildman–Crippen MR) is 87.7 cm³/mol. The van der Waals surface area contributed by atoms with Crippen LogP contribution in [0.2, 0.25) is 0 Å². The third-order valence-corrected chi connectivity index (χ3v) is 6.23. The van der Waals surface area contributed by atoms with Crippen LogP contribution in [-0.4, -0.2) is 31.4 Å². The Balaban J connectivity index is 3.39. The van der Waals surface area contributed by atoms with Crippen LogP contribution < -0.4 is 5.73 Å². The zero-order valence-corrected chi connectivity index (χ0v) is 14.4. The molecule has 0 saturated carbocycles. The topological polar surface area (TPSA) is 63.4 Å². The minimum Gasteiger partial charge on any atom is -0.329 e. The zero-order chi connectivity index (χ0) is 16.1. The van der Waals surface area contributed by atoms with E-state index < -0.39 is 15.6 Å². The number of rotatable bonds is 8. The lowest BCUT2D eigenvalue weighted by molar-refractivity contribution is 0.177. The van der Waals surface area contributed by atoms with Crippen molar-refractivity contribution in [2.45, 2.75) is 57.4 Å². The number of hydrogen-bond donors (Lipinski definition) is 1. The van der Waals surface area contributed by atoms with Gasteiger partial charge in [-0.15, -0.1) is 0 Å². The Morgan fingerprint density at radius 2 is 1.81 bits per heavy atom. The fourth-order valence-corrected chi connectivity index (χ4v) is 4.82. The van der Waals surface area contributed by atoms with Crippen LogP contribution in [-0.2, 0) is 10.0 Å².